The number of aromatic nitrogens is 3. The summed E-state index contributed by atoms with van der Waals surface area (Å²) in [7, 11) is -1.44. The molecule has 0 aliphatic carbocycles. The predicted molar refractivity (Wildman–Crippen MR) is 99.0 cm³/mol. The second kappa shape index (κ2) is 6.79. The molecular formula is C18H21N5O2S. The highest BCUT2D eigenvalue weighted by Crippen LogP contribution is 2.19. The van der Waals surface area contributed by atoms with E-state index in [2.05, 4.69) is 20.5 Å². The molecule has 0 bridgehead atoms. The first-order valence-electron chi connectivity index (χ1n) is 8.58. The van der Waals surface area contributed by atoms with Gasteiger partial charge in [0.15, 0.2) is 0 Å². The molecule has 0 radical (unpaired) electrons. The molecule has 8 heteroatoms. The number of fused-ring (bicyclic) bond motifs is 1. The van der Waals surface area contributed by atoms with Gasteiger partial charge in [-0.2, -0.15) is 4.31 Å². The van der Waals surface area contributed by atoms with Crippen molar-refractivity contribution in [3.8, 4) is 0 Å². The van der Waals surface area contributed by atoms with Crippen molar-refractivity contribution in [3.05, 3.63) is 54.6 Å². The summed E-state index contributed by atoms with van der Waals surface area (Å²) in [6, 6.07) is 11.3. The van der Waals surface area contributed by atoms with E-state index in [1.165, 1.54) is 10.5 Å². The van der Waals surface area contributed by atoms with Gasteiger partial charge < -0.3 is 4.57 Å². The van der Waals surface area contributed by atoms with E-state index in [4.69, 9.17) is 4.98 Å². The molecule has 3 aromatic rings. The first kappa shape index (κ1) is 17.1. The number of para-hydroxylation sites is 2. The molecule has 7 nitrogen and oxygen atoms in total. The number of nitrogens with zero attached hydrogens (tertiary/aromatic N) is 5. The molecule has 1 aromatic carbocycles. The normalized spacial score (nSPS) is 17.0. The van der Waals surface area contributed by atoms with Crippen LogP contribution in [0.25, 0.3) is 11.0 Å². The highest BCUT2D eigenvalue weighted by atomic mass is 32.2. The fourth-order valence-corrected chi connectivity index (χ4v) is 4.70. The Hall–Kier alpha value is -2.29. The van der Waals surface area contributed by atoms with Crippen molar-refractivity contribution >= 4 is 21.1 Å². The zero-order chi connectivity index (χ0) is 18.1. The molecule has 0 amide bonds. The van der Waals surface area contributed by atoms with E-state index in [9.17, 15) is 8.42 Å². The number of aryl methyl sites for hydroxylation is 1. The summed E-state index contributed by atoms with van der Waals surface area (Å²) in [5, 5.41) is 0. The number of piperazine rings is 1. The lowest BCUT2D eigenvalue weighted by atomic mass is 10.3. The van der Waals surface area contributed by atoms with Crippen LogP contribution >= 0.6 is 0 Å². The van der Waals surface area contributed by atoms with Crippen molar-refractivity contribution in [2.75, 3.05) is 26.2 Å². The zero-order valence-corrected chi connectivity index (χ0v) is 15.4. The fraction of sp³-hybridized carbons (Fsp3) is 0.333. The Morgan fingerprint density at radius 2 is 1.81 bits per heavy atom. The van der Waals surface area contributed by atoms with Gasteiger partial charge in [0, 0.05) is 45.6 Å². The van der Waals surface area contributed by atoms with Crippen molar-refractivity contribution < 1.29 is 8.42 Å². The van der Waals surface area contributed by atoms with E-state index in [0.717, 1.165) is 16.9 Å². The van der Waals surface area contributed by atoms with Crippen LogP contribution < -0.4 is 0 Å². The Bertz CT molecular complexity index is 1010. The van der Waals surface area contributed by atoms with E-state index in [-0.39, 0.29) is 4.90 Å². The third-order valence-corrected chi connectivity index (χ3v) is 6.73. The number of hydrogen-bond donors (Lipinski definition) is 0. The minimum atomic E-state index is -3.46. The highest BCUT2D eigenvalue weighted by Gasteiger charge is 2.29. The van der Waals surface area contributed by atoms with E-state index in [0.29, 0.717) is 32.7 Å². The molecule has 1 fully saturated rings. The van der Waals surface area contributed by atoms with Gasteiger partial charge in [0.25, 0.3) is 0 Å². The molecule has 0 spiro atoms. The van der Waals surface area contributed by atoms with E-state index < -0.39 is 10.0 Å². The SMILES string of the molecule is Cn1c(CN2CCN(S(=O)(=O)c3cccnc3)CC2)nc2ccccc21. The largest absolute Gasteiger partial charge is 0.330 e. The first-order valence-corrected chi connectivity index (χ1v) is 10.0. The Labute approximate surface area is 152 Å². The fourth-order valence-electron chi connectivity index (χ4n) is 3.31. The van der Waals surface area contributed by atoms with Crippen LogP contribution in [-0.2, 0) is 23.6 Å². The summed E-state index contributed by atoms with van der Waals surface area (Å²) in [6.07, 6.45) is 2.98. The van der Waals surface area contributed by atoms with Gasteiger partial charge in [0.05, 0.1) is 17.6 Å². The second-order valence-electron chi connectivity index (χ2n) is 6.44. The number of pyridine rings is 1. The van der Waals surface area contributed by atoms with Crippen LogP contribution in [0.5, 0.6) is 0 Å². The van der Waals surface area contributed by atoms with Crippen molar-refractivity contribution in [2.45, 2.75) is 11.4 Å². The van der Waals surface area contributed by atoms with Gasteiger partial charge in [0.1, 0.15) is 10.7 Å². The predicted octanol–water partition coefficient (Wildman–Crippen LogP) is 1.47. The average Bonchev–Trinajstić information content (AvgIpc) is 2.99. The molecule has 2 aromatic heterocycles. The Kier molecular flexibility index (Phi) is 4.47. The summed E-state index contributed by atoms with van der Waals surface area (Å²) >= 11 is 0. The van der Waals surface area contributed by atoms with Crippen molar-refractivity contribution in [2.24, 2.45) is 7.05 Å². The maximum atomic E-state index is 12.7. The summed E-state index contributed by atoms with van der Waals surface area (Å²) in [6.45, 7) is 3.03. The van der Waals surface area contributed by atoms with Gasteiger partial charge >= 0.3 is 0 Å². The van der Waals surface area contributed by atoms with Gasteiger partial charge in [-0.3, -0.25) is 9.88 Å². The summed E-state index contributed by atoms with van der Waals surface area (Å²) < 4.78 is 29.0. The van der Waals surface area contributed by atoms with Crippen LogP contribution in [0.15, 0.2) is 53.7 Å². The Morgan fingerprint density at radius 1 is 1.04 bits per heavy atom. The van der Waals surface area contributed by atoms with Gasteiger partial charge in [-0.15, -0.1) is 0 Å². The minimum Gasteiger partial charge on any atom is -0.330 e. The summed E-state index contributed by atoms with van der Waals surface area (Å²) in [5.74, 6) is 0.995. The summed E-state index contributed by atoms with van der Waals surface area (Å²) in [5.41, 5.74) is 2.10. The molecule has 26 heavy (non-hydrogen) atoms. The second-order valence-corrected chi connectivity index (χ2v) is 8.38. The standard InChI is InChI=1S/C18H21N5O2S/c1-21-17-7-3-2-6-16(17)20-18(21)14-22-9-11-23(12-10-22)26(24,25)15-5-4-8-19-13-15/h2-8,13H,9-12,14H2,1H3. The molecule has 3 heterocycles. The molecule has 4 rings (SSSR count). The molecule has 0 saturated carbocycles. The third-order valence-electron chi connectivity index (χ3n) is 4.85. The maximum Gasteiger partial charge on any atom is 0.244 e. The van der Waals surface area contributed by atoms with Crippen LogP contribution in [0.2, 0.25) is 0 Å². The lowest BCUT2D eigenvalue weighted by Gasteiger charge is -2.33. The van der Waals surface area contributed by atoms with Crippen molar-refractivity contribution in [3.63, 3.8) is 0 Å². The van der Waals surface area contributed by atoms with E-state index in [1.807, 2.05) is 25.2 Å². The van der Waals surface area contributed by atoms with Crippen LogP contribution in [0.4, 0.5) is 0 Å². The smallest absolute Gasteiger partial charge is 0.244 e. The maximum absolute atomic E-state index is 12.7. The van der Waals surface area contributed by atoms with Gasteiger partial charge in [-0.05, 0) is 24.3 Å². The molecule has 1 aliphatic heterocycles. The molecule has 0 atom stereocenters. The number of sulfonamides is 1. The Morgan fingerprint density at radius 3 is 2.50 bits per heavy atom. The number of imidazole rings is 1. The molecular weight excluding hydrogens is 350 g/mol. The summed E-state index contributed by atoms with van der Waals surface area (Å²) in [4.78, 5) is 11.1. The van der Waals surface area contributed by atoms with Gasteiger partial charge in [-0.25, -0.2) is 13.4 Å². The third kappa shape index (κ3) is 3.11. The van der Waals surface area contributed by atoms with Crippen LogP contribution in [0.3, 0.4) is 0 Å². The van der Waals surface area contributed by atoms with Crippen LogP contribution in [0, 0.1) is 0 Å². The van der Waals surface area contributed by atoms with Gasteiger partial charge in [-0.1, -0.05) is 12.1 Å². The molecule has 1 saturated heterocycles. The average molecular weight is 371 g/mol. The molecule has 0 unspecified atom stereocenters. The van der Waals surface area contributed by atoms with Crippen molar-refractivity contribution in [1.82, 2.24) is 23.7 Å². The highest BCUT2D eigenvalue weighted by molar-refractivity contribution is 7.89. The monoisotopic (exact) mass is 371 g/mol. The van der Waals surface area contributed by atoms with Crippen LogP contribution in [0.1, 0.15) is 5.82 Å². The lowest BCUT2D eigenvalue weighted by Crippen LogP contribution is -2.48. The quantitative estimate of drug-likeness (QED) is 0.695. The van der Waals surface area contributed by atoms with E-state index in [1.54, 1.807) is 18.3 Å². The molecule has 1 aliphatic rings. The number of rotatable bonds is 4. The lowest BCUT2D eigenvalue weighted by molar-refractivity contribution is 0.177. The Balaban J connectivity index is 1.44. The first-order chi connectivity index (χ1) is 12.6. The topological polar surface area (TPSA) is 71.3 Å². The molecule has 0 N–H and O–H groups in total. The zero-order valence-electron chi connectivity index (χ0n) is 14.6. The number of hydrogen-bond acceptors (Lipinski definition) is 5. The van der Waals surface area contributed by atoms with Crippen LogP contribution in [-0.4, -0.2) is 58.3 Å². The molecule has 136 valence electrons. The minimum absolute atomic E-state index is 0.254. The number of benzene rings is 1. The van der Waals surface area contributed by atoms with Crippen molar-refractivity contribution in [1.29, 1.82) is 0 Å². The van der Waals surface area contributed by atoms with Gasteiger partial charge in [0.2, 0.25) is 10.0 Å². The van der Waals surface area contributed by atoms with E-state index >= 15 is 0 Å².